The largest absolute Gasteiger partial charge is 0.384 e. The van der Waals surface area contributed by atoms with Crippen LogP contribution in [0.25, 0.3) is 0 Å². The maximum Gasteiger partial charge on any atom is 0.327 e. The summed E-state index contributed by atoms with van der Waals surface area (Å²) in [7, 11) is 0. The Kier molecular flexibility index (Phi) is 5.53. The number of nitrogens with two attached hydrogens (primary N) is 1. The third-order valence-corrected chi connectivity index (χ3v) is 1.24. The third kappa shape index (κ3) is 5.80. The van der Waals surface area contributed by atoms with Crippen molar-refractivity contribution in [2.45, 2.75) is 18.5 Å². The van der Waals surface area contributed by atoms with E-state index in [9.17, 15) is 4.79 Å². The van der Waals surface area contributed by atoms with Crippen LogP contribution in [-0.2, 0) is 9.63 Å². The fourth-order valence-electron chi connectivity index (χ4n) is 0.527. The highest BCUT2D eigenvalue weighted by Crippen LogP contribution is 2.06. The molecule has 0 rings (SSSR count). The molecule has 0 spiro atoms. The number of hydrogen-bond donors (Lipinski definition) is 6. The van der Waals surface area contributed by atoms with Crippen LogP contribution in [0.2, 0.25) is 0 Å². The highest BCUT2D eigenvalue weighted by Gasteiger charge is 2.32. The molecule has 0 bridgehead atoms. The average Bonchev–Trinajstić information content (AvgIpc) is 2.03. The lowest BCUT2D eigenvalue weighted by atomic mass is 10.2. The highest BCUT2D eigenvalue weighted by molar-refractivity contribution is 5.69. The molecule has 8 nitrogen and oxygen atoms in total. The number of carbonyl (C=O) groups excluding carboxylic acids is 1. The predicted octanol–water partition coefficient (Wildman–Crippen LogP) is -3.63. The van der Waals surface area contributed by atoms with Crippen molar-refractivity contribution in [1.82, 2.24) is 5.48 Å². The van der Waals surface area contributed by atoms with E-state index in [0.717, 1.165) is 0 Å². The molecule has 1 unspecified atom stereocenters. The van der Waals surface area contributed by atoms with Crippen LogP contribution >= 0.6 is 0 Å². The van der Waals surface area contributed by atoms with Crippen molar-refractivity contribution in [2.24, 2.45) is 5.73 Å². The van der Waals surface area contributed by atoms with Crippen LogP contribution in [0.15, 0.2) is 0 Å². The Bertz CT molecular complexity index is 180. The standard InChI is InChI=1S/C6H14N2O6/c7-1-2-8-14-5(10)3-4(9)6(11,12)13/h4,8-9,11-13H,1-3,7H2. The quantitative estimate of drug-likeness (QED) is 0.150. The molecule has 0 aromatic rings. The molecule has 0 aromatic heterocycles. The molecule has 0 radical (unpaired) electrons. The van der Waals surface area contributed by atoms with Gasteiger partial charge in [-0.25, -0.2) is 0 Å². The van der Waals surface area contributed by atoms with Gasteiger partial charge in [0.1, 0.15) is 6.10 Å². The summed E-state index contributed by atoms with van der Waals surface area (Å²) in [5.74, 6) is -4.26. The second kappa shape index (κ2) is 5.86. The van der Waals surface area contributed by atoms with E-state index >= 15 is 0 Å². The van der Waals surface area contributed by atoms with Crippen LogP contribution in [0.1, 0.15) is 6.42 Å². The Morgan fingerprint density at radius 1 is 1.50 bits per heavy atom. The number of aliphatic hydroxyl groups is 4. The van der Waals surface area contributed by atoms with Gasteiger partial charge in [0.15, 0.2) is 0 Å². The van der Waals surface area contributed by atoms with Gasteiger partial charge in [0, 0.05) is 13.1 Å². The zero-order valence-corrected chi connectivity index (χ0v) is 7.38. The van der Waals surface area contributed by atoms with Crippen molar-refractivity contribution in [1.29, 1.82) is 0 Å². The Labute approximate surface area is 79.9 Å². The summed E-state index contributed by atoms with van der Waals surface area (Å²) >= 11 is 0. The monoisotopic (exact) mass is 210 g/mol. The second-order valence-corrected chi connectivity index (χ2v) is 2.56. The Hall–Kier alpha value is -0.770. The van der Waals surface area contributed by atoms with Crippen LogP contribution in [0.3, 0.4) is 0 Å². The molecule has 0 aliphatic rings. The minimum absolute atomic E-state index is 0.227. The molecule has 0 heterocycles. The number of rotatable bonds is 6. The van der Waals surface area contributed by atoms with Crippen LogP contribution in [-0.4, -0.2) is 51.6 Å². The molecule has 0 fully saturated rings. The third-order valence-electron chi connectivity index (χ3n) is 1.24. The number of hydroxylamine groups is 1. The molecule has 8 heteroatoms. The van der Waals surface area contributed by atoms with Crippen molar-refractivity contribution in [3.05, 3.63) is 0 Å². The van der Waals surface area contributed by atoms with Gasteiger partial charge in [-0.2, -0.15) is 5.48 Å². The van der Waals surface area contributed by atoms with Crippen molar-refractivity contribution in [3.63, 3.8) is 0 Å². The first-order valence-corrected chi connectivity index (χ1v) is 3.85. The molecule has 0 aromatic carbocycles. The minimum atomic E-state index is -3.31. The van der Waals surface area contributed by atoms with Gasteiger partial charge in [-0.15, -0.1) is 0 Å². The van der Waals surface area contributed by atoms with E-state index in [-0.39, 0.29) is 13.1 Å². The number of nitrogens with one attached hydrogen (secondary N) is 1. The molecule has 0 aliphatic heterocycles. The lowest BCUT2D eigenvalue weighted by Crippen LogP contribution is -2.43. The number of hydrogen-bond acceptors (Lipinski definition) is 8. The molecule has 1 atom stereocenters. The van der Waals surface area contributed by atoms with Gasteiger partial charge in [-0.1, -0.05) is 0 Å². The molecular formula is C6H14N2O6. The van der Waals surface area contributed by atoms with Crippen molar-refractivity contribution in [3.8, 4) is 0 Å². The first-order chi connectivity index (χ1) is 6.38. The van der Waals surface area contributed by atoms with E-state index < -0.39 is 24.5 Å². The molecule has 0 saturated carbocycles. The van der Waals surface area contributed by atoms with Gasteiger partial charge >= 0.3 is 11.9 Å². The number of aliphatic hydroxyl groups excluding tert-OH is 1. The Balaban J connectivity index is 3.72. The van der Waals surface area contributed by atoms with E-state index in [1.54, 1.807) is 0 Å². The summed E-state index contributed by atoms with van der Waals surface area (Å²) in [6, 6.07) is 0. The van der Waals surface area contributed by atoms with E-state index in [0.29, 0.717) is 0 Å². The number of carbonyl (C=O) groups is 1. The summed E-state index contributed by atoms with van der Waals surface area (Å²) < 4.78 is 0. The lowest BCUT2D eigenvalue weighted by molar-refractivity contribution is -0.354. The first-order valence-electron chi connectivity index (χ1n) is 3.85. The van der Waals surface area contributed by atoms with Crippen LogP contribution in [0.4, 0.5) is 0 Å². The fourth-order valence-corrected chi connectivity index (χ4v) is 0.527. The van der Waals surface area contributed by atoms with E-state index in [1.807, 2.05) is 0 Å². The molecule has 0 aliphatic carbocycles. The summed E-state index contributed by atoms with van der Waals surface area (Å²) in [4.78, 5) is 15.0. The Morgan fingerprint density at radius 3 is 2.50 bits per heavy atom. The highest BCUT2D eigenvalue weighted by atomic mass is 16.7. The first kappa shape index (κ1) is 13.2. The Morgan fingerprint density at radius 2 is 2.07 bits per heavy atom. The summed E-state index contributed by atoms with van der Waals surface area (Å²) in [6.45, 7) is 0.476. The minimum Gasteiger partial charge on any atom is -0.384 e. The molecule has 0 amide bonds. The van der Waals surface area contributed by atoms with E-state index in [2.05, 4.69) is 10.3 Å². The fraction of sp³-hybridized carbons (Fsp3) is 0.833. The predicted molar refractivity (Wildman–Crippen MR) is 43.2 cm³/mol. The molecule has 14 heavy (non-hydrogen) atoms. The molecular weight excluding hydrogens is 196 g/mol. The van der Waals surface area contributed by atoms with Crippen LogP contribution in [0.5, 0.6) is 0 Å². The van der Waals surface area contributed by atoms with Gasteiger partial charge in [0.05, 0.1) is 6.42 Å². The zero-order valence-electron chi connectivity index (χ0n) is 7.38. The normalized spacial score (nSPS) is 13.8. The maximum atomic E-state index is 10.8. The van der Waals surface area contributed by atoms with Crippen molar-refractivity contribution < 1.29 is 30.1 Å². The summed E-state index contributed by atoms with van der Waals surface area (Å²) in [5, 5.41) is 34.1. The smallest absolute Gasteiger partial charge is 0.327 e. The zero-order chi connectivity index (χ0) is 11.2. The SMILES string of the molecule is NCCNOC(=O)CC(O)C(O)(O)O. The van der Waals surface area contributed by atoms with Crippen molar-refractivity contribution >= 4 is 5.97 Å². The molecule has 84 valence electrons. The van der Waals surface area contributed by atoms with Crippen molar-refractivity contribution in [2.75, 3.05) is 13.1 Å². The molecule has 0 saturated heterocycles. The topological polar surface area (TPSA) is 145 Å². The van der Waals surface area contributed by atoms with Crippen LogP contribution in [0, 0.1) is 0 Å². The maximum absolute atomic E-state index is 10.8. The van der Waals surface area contributed by atoms with E-state index in [1.165, 1.54) is 0 Å². The van der Waals surface area contributed by atoms with Gasteiger partial charge in [0.2, 0.25) is 0 Å². The van der Waals surface area contributed by atoms with Gasteiger partial charge in [-0.05, 0) is 0 Å². The average molecular weight is 210 g/mol. The van der Waals surface area contributed by atoms with Gasteiger partial charge < -0.3 is 31.0 Å². The van der Waals surface area contributed by atoms with Crippen LogP contribution < -0.4 is 11.2 Å². The lowest BCUT2D eigenvalue weighted by Gasteiger charge is -2.19. The molecule has 7 N–H and O–H groups in total. The second-order valence-electron chi connectivity index (χ2n) is 2.56. The van der Waals surface area contributed by atoms with Gasteiger partial charge in [-0.3, -0.25) is 4.79 Å². The van der Waals surface area contributed by atoms with Gasteiger partial charge in [0.25, 0.3) is 0 Å². The van der Waals surface area contributed by atoms with E-state index in [4.69, 9.17) is 26.2 Å². The summed E-state index contributed by atoms with van der Waals surface area (Å²) in [6.07, 6.45) is -2.80. The summed E-state index contributed by atoms with van der Waals surface area (Å²) in [5.41, 5.74) is 7.22.